The van der Waals surface area contributed by atoms with Crippen molar-refractivity contribution in [1.29, 1.82) is 0 Å². The van der Waals surface area contributed by atoms with Gasteiger partial charge in [0.15, 0.2) is 0 Å². The van der Waals surface area contributed by atoms with Gasteiger partial charge in [-0.25, -0.2) is 13.6 Å². The highest BCUT2D eigenvalue weighted by atomic mass is 32.2. The van der Waals surface area contributed by atoms with E-state index in [0.717, 1.165) is 22.9 Å². The summed E-state index contributed by atoms with van der Waals surface area (Å²) in [4.78, 5) is 11.4. The van der Waals surface area contributed by atoms with Gasteiger partial charge in [-0.2, -0.15) is 0 Å². The maximum absolute atomic E-state index is 13.6. The van der Waals surface area contributed by atoms with Crippen LogP contribution in [0.25, 0.3) is 0 Å². The van der Waals surface area contributed by atoms with E-state index in [9.17, 15) is 13.6 Å². The fourth-order valence-electron chi connectivity index (χ4n) is 1.44. The minimum atomic E-state index is -1.51. The lowest BCUT2D eigenvalue weighted by atomic mass is 10.2. The number of anilines is 2. The van der Waals surface area contributed by atoms with Gasteiger partial charge in [-0.15, -0.1) is 0 Å². The molecule has 0 bridgehead atoms. The summed E-state index contributed by atoms with van der Waals surface area (Å²) in [5.41, 5.74) is 5.29. The maximum Gasteiger partial charge on any atom is 0.338 e. The zero-order valence-electron chi connectivity index (χ0n) is 10.1. The Kier molecular flexibility index (Phi) is 4.09. The zero-order chi connectivity index (χ0) is 14.7. The Bertz CT molecular complexity index is 648. The normalized spacial score (nSPS) is 10.3. The van der Waals surface area contributed by atoms with Gasteiger partial charge in [-0.3, -0.25) is 0 Å². The largest absolute Gasteiger partial charge is 0.478 e. The first-order valence-corrected chi connectivity index (χ1v) is 6.30. The first kappa shape index (κ1) is 14.1. The van der Waals surface area contributed by atoms with Gasteiger partial charge in [0, 0.05) is 16.6 Å². The molecule has 0 amide bonds. The van der Waals surface area contributed by atoms with Gasteiger partial charge in [-0.05, 0) is 42.3 Å². The number of benzene rings is 2. The van der Waals surface area contributed by atoms with Crippen LogP contribution in [0.2, 0.25) is 0 Å². The Balaban J connectivity index is 2.16. The highest BCUT2D eigenvalue weighted by Gasteiger charge is 2.15. The van der Waals surface area contributed by atoms with Crippen LogP contribution in [0.5, 0.6) is 0 Å². The summed E-state index contributed by atoms with van der Waals surface area (Å²) < 4.78 is 29.7. The fraction of sp³-hybridized carbons (Fsp3) is 0. The van der Waals surface area contributed by atoms with Crippen molar-refractivity contribution >= 4 is 29.3 Å². The number of halogens is 2. The molecule has 2 rings (SSSR count). The minimum absolute atomic E-state index is 0.130. The van der Waals surface area contributed by atoms with Crippen molar-refractivity contribution in [1.82, 2.24) is 0 Å². The van der Waals surface area contributed by atoms with Crippen molar-refractivity contribution in [2.45, 2.75) is 4.90 Å². The molecule has 0 aliphatic carbocycles. The Morgan fingerprint density at radius 3 is 2.40 bits per heavy atom. The molecule has 104 valence electrons. The Labute approximate surface area is 117 Å². The number of nitrogens with one attached hydrogen (secondary N) is 1. The van der Waals surface area contributed by atoms with E-state index < -0.39 is 23.2 Å². The summed E-state index contributed by atoms with van der Waals surface area (Å²) in [6.07, 6.45) is 0. The van der Waals surface area contributed by atoms with Crippen LogP contribution in [-0.2, 0) is 0 Å². The van der Waals surface area contributed by atoms with E-state index in [4.69, 9.17) is 10.8 Å². The molecule has 0 atom stereocenters. The molecule has 7 heteroatoms. The number of carboxylic acids is 1. The molecule has 0 aromatic heterocycles. The molecule has 0 aliphatic heterocycles. The third kappa shape index (κ3) is 3.18. The van der Waals surface area contributed by atoms with Crippen LogP contribution in [0.1, 0.15) is 10.4 Å². The standard InChI is InChI=1S/C13H10F2N2O2S/c14-10-6-12(11(15)5-9(10)13(18)19)17-20-8-3-1-7(16)2-4-8/h1-6,17H,16H2,(H,18,19). The quantitative estimate of drug-likeness (QED) is 0.596. The van der Waals surface area contributed by atoms with Crippen molar-refractivity contribution < 1.29 is 18.7 Å². The Hall–Kier alpha value is -2.28. The molecule has 2 aromatic rings. The predicted octanol–water partition coefficient (Wildman–Crippen LogP) is 3.36. The maximum atomic E-state index is 13.6. The smallest absolute Gasteiger partial charge is 0.338 e. The molecule has 0 spiro atoms. The van der Waals surface area contributed by atoms with Crippen LogP contribution in [0.4, 0.5) is 20.2 Å². The molecule has 20 heavy (non-hydrogen) atoms. The lowest BCUT2D eigenvalue weighted by Crippen LogP contribution is -2.03. The summed E-state index contributed by atoms with van der Waals surface area (Å²) in [6, 6.07) is 8.23. The number of carboxylic acid groups (broad SMARTS) is 1. The molecule has 0 saturated heterocycles. The van der Waals surface area contributed by atoms with Crippen LogP contribution in [0.3, 0.4) is 0 Å². The monoisotopic (exact) mass is 296 g/mol. The molecule has 0 aliphatic rings. The lowest BCUT2D eigenvalue weighted by Gasteiger charge is -2.08. The van der Waals surface area contributed by atoms with Crippen LogP contribution in [-0.4, -0.2) is 11.1 Å². The van der Waals surface area contributed by atoms with Crippen molar-refractivity contribution in [2.75, 3.05) is 10.5 Å². The summed E-state index contributed by atoms with van der Waals surface area (Å²) in [6.45, 7) is 0. The average molecular weight is 296 g/mol. The summed E-state index contributed by atoms with van der Waals surface area (Å²) in [5.74, 6) is -3.36. The van der Waals surface area contributed by atoms with Crippen LogP contribution in [0, 0.1) is 11.6 Å². The van der Waals surface area contributed by atoms with Crippen molar-refractivity contribution in [2.24, 2.45) is 0 Å². The molecule has 0 fully saturated rings. The highest BCUT2D eigenvalue weighted by molar-refractivity contribution is 8.00. The van der Waals surface area contributed by atoms with Gasteiger partial charge >= 0.3 is 5.97 Å². The molecule has 2 aromatic carbocycles. The third-order valence-corrected chi connectivity index (χ3v) is 3.28. The van der Waals surface area contributed by atoms with E-state index in [1.807, 2.05) is 0 Å². The molecule has 0 saturated carbocycles. The van der Waals surface area contributed by atoms with Gasteiger partial charge in [0.05, 0.1) is 11.3 Å². The van der Waals surface area contributed by atoms with Gasteiger partial charge in [-0.1, -0.05) is 0 Å². The first-order valence-electron chi connectivity index (χ1n) is 5.48. The van der Waals surface area contributed by atoms with Gasteiger partial charge in [0.25, 0.3) is 0 Å². The van der Waals surface area contributed by atoms with Crippen LogP contribution < -0.4 is 10.5 Å². The second-order valence-electron chi connectivity index (χ2n) is 3.89. The summed E-state index contributed by atoms with van der Waals surface area (Å²) >= 11 is 1.06. The van der Waals surface area contributed by atoms with Crippen molar-refractivity contribution in [3.05, 3.63) is 53.6 Å². The van der Waals surface area contributed by atoms with E-state index in [1.54, 1.807) is 24.3 Å². The highest BCUT2D eigenvalue weighted by Crippen LogP contribution is 2.26. The third-order valence-electron chi connectivity index (χ3n) is 2.45. The fourth-order valence-corrected chi connectivity index (χ4v) is 2.10. The zero-order valence-corrected chi connectivity index (χ0v) is 10.9. The average Bonchev–Trinajstić information content (AvgIpc) is 2.41. The number of hydrogen-bond donors (Lipinski definition) is 3. The van der Waals surface area contributed by atoms with E-state index in [-0.39, 0.29) is 5.69 Å². The number of rotatable bonds is 4. The second kappa shape index (κ2) is 5.79. The number of hydrogen-bond acceptors (Lipinski definition) is 4. The van der Waals surface area contributed by atoms with E-state index in [1.165, 1.54) is 0 Å². The van der Waals surface area contributed by atoms with E-state index in [0.29, 0.717) is 11.8 Å². The van der Waals surface area contributed by atoms with E-state index >= 15 is 0 Å². The first-order chi connectivity index (χ1) is 9.47. The van der Waals surface area contributed by atoms with Crippen LogP contribution >= 0.6 is 11.9 Å². The number of carbonyl (C=O) groups is 1. The molecular formula is C13H10F2N2O2S. The summed E-state index contributed by atoms with van der Waals surface area (Å²) in [5, 5.41) is 8.67. The lowest BCUT2D eigenvalue weighted by molar-refractivity contribution is 0.0691. The number of nitrogen functional groups attached to an aromatic ring is 1. The molecule has 4 N–H and O–H groups in total. The topological polar surface area (TPSA) is 75.3 Å². The van der Waals surface area contributed by atoms with Crippen LogP contribution in [0.15, 0.2) is 41.3 Å². The summed E-state index contributed by atoms with van der Waals surface area (Å²) in [7, 11) is 0. The Morgan fingerprint density at radius 2 is 1.80 bits per heavy atom. The Morgan fingerprint density at radius 1 is 1.15 bits per heavy atom. The number of aromatic carboxylic acids is 1. The predicted molar refractivity (Wildman–Crippen MR) is 73.7 cm³/mol. The van der Waals surface area contributed by atoms with Crippen molar-refractivity contribution in [3.8, 4) is 0 Å². The molecule has 0 unspecified atom stereocenters. The van der Waals surface area contributed by atoms with Gasteiger partial charge in [0.1, 0.15) is 11.6 Å². The second-order valence-corrected chi connectivity index (χ2v) is 4.77. The minimum Gasteiger partial charge on any atom is -0.478 e. The number of nitrogens with two attached hydrogens (primary N) is 1. The molecule has 4 nitrogen and oxygen atoms in total. The molecule has 0 heterocycles. The van der Waals surface area contributed by atoms with Crippen molar-refractivity contribution in [3.63, 3.8) is 0 Å². The van der Waals surface area contributed by atoms with E-state index in [2.05, 4.69) is 4.72 Å². The van der Waals surface area contributed by atoms with Gasteiger partial charge < -0.3 is 15.6 Å². The SMILES string of the molecule is Nc1ccc(SNc2cc(F)c(C(=O)O)cc2F)cc1. The molecular weight excluding hydrogens is 286 g/mol. The van der Waals surface area contributed by atoms with Gasteiger partial charge in [0.2, 0.25) is 0 Å². The molecule has 0 radical (unpaired) electrons.